The number of hydrogen-bond donors (Lipinski definition) is 1. The zero-order valence-corrected chi connectivity index (χ0v) is 11.5. The van der Waals surface area contributed by atoms with E-state index in [0.717, 1.165) is 11.6 Å². The molecular formula is C14H17N3O3. The van der Waals surface area contributed by atoms with Crippen LogP contribution in [-0.4, -0.2) is 29.2 Å². The predicted octanol–water partition coefficient (Wildman–Crippen LogP) is 1.58. The molecule has 6 heteroatoms. The van der Waals surface area contributed by atoms with Crippen LogP contribution in [0.15, 0.2) is 36.7 Å². The summed E-state index contributed by atoms with van der Waals surface area (Å²) in [7, 11) is 3.40. The molecule has 0 fully saturated rings. The number of nitrogens with one attached hydrogen (secondary N) is 1. The average molecular weight is 275 g/mol. The van der Waals surface area contributed by atoms with Gasteiger partial charge in [0.1, 0.15) is 24.8 Å². The Hall–Kier alpha value is -2.34. The van der Waals surface area contributed by atoms with E-state index in [4.69, 9.17) is 9.47 Å². The number of nitrogens with zero attached hydrogens (tertiary/aromatic N) is 2. The van der Waals surface area contributed by atoms with Gasteiger partial charge in [-0.3, -0.25) is 4.79 Å². The lowest BCUT2D eigenvalue weighted by Gasteiger charge is -2.08. The number of amides is 1. The van der Waals surface area contributed by atoms with Crippen LogP contribution in [0.4, 0.5) is 5.69 Å². The molecule has 2 aromatic rings. The molecule has 1 heterocycles. The van der Waals surface area contributed by atoms with Crippen LogP contribution in [-0.2, 0) is 23.2 Å². The van der Waals surface area contributed by atoms with Crippen LogP contribution in [0.25, 0.3) is 0 Å². The topological polar surface area (TPSA) is 65.4 Å². The van der Waals surface area contributed by atoms with Crippen LogP contribution < -0.4 is 10.1 Å². The van der Waals surface area contributed by atoms with Gasteiger partial charge in [-0.1, -0.05) is 0 Å². The standard InChI is InChI=1S/C14H17N3O3/c1-17-8-7-15-13(17)9-20-12-5-3-11(4-6-12)16-14(18)10-19-2/h3-8H,9-10H2,1-2H3,(H,16,18). The van der Waals surface area contributed by atoms with Crippen molar-refractivity contribution in [3.63, 3.8) is 0 Å². The van der Waals surface area contributed by atoms with Crippen molar-refractivity contribution in [2.45, 2.75) is 6.61 Å². The summed E-state index contributed by atoms with van der Waals surface area (Å²) in [5.74, 6) is 1.38. The summed E-state index contributed by atoms with van der Waals surface area (Å²) in [6.07, 6.45) is 3.60. The Bertz CT molecular complexity index is 563. The second-order valence-electron chi connectivity index (χ2n) is 4.25. The van der Waals surface area contributed by atoms with Crippen molar-refractivity contribution in [1.82, 2.24) is 9.55 Å². The van der Waals surface area contributed by atoms with Gasteiger partial charge in [-0.15, -0.1) is 0 Å². The second kappa shape index (κ2) is 6.72. The number of carbonyl (C=O) groups excluding carboxylic acids is 1. The largest absolute Gasteiger partial charge is 0.486 e. The van der Waals surface area contributed by atoms with Gasteiger partial charge in [-0.2, -0.15) is 0 Å². The van der Waals surface area contributed by atoms with Gasteiger partial charge in [0.15, 0.2) is 0 Å². The quantitative estimate of drug-likeness (QED) is 0.869. The first-order valence-electron chi connectivity index (χ1n) is 6.17. The number of aromatic nitrogens is 2. The molecule has 1 N–H and O–H groups in total. The molecular weight excluding hydrogens is 258 g/mol. The van der Waals surface area contributed by atoms with Crippen LogP contribution in [0, 0.1) is 0 Å². The van der Waals surface area contributed by atoms with Gasteiger partial charge in [-0.05, 0) is 24.3 Å². The Balaban J connectivity index is 1.88. The maximum atomic E-state index is 11.3. The van der Waals surface area contributed by atoms with E-state index < -0.39 is 0 Å². The van der Waals surface area contributed by atoms with E-state index in [1.165, 1.54) is 7.11 Å². The number of imidazole rings is 1. The van der Waals surface area contributed by atoms with Crippen LogP contribution in [0.2, 0.25) is 0 Å². The highest BCUT2D eigenvalue weighted by atomic mass is 16.5. The first-order chi connectivity index (χ1) is 9.69. The highest BCUT2D eigenvalue weighted by molar-refractivity contribution is 5.91. The fourth-order valence-electron chi connectivity index (χ4n) is 1.65. The minimum atomic E-state index is -0.186. The van der Waals surface area contributed by atoms with Gasteiger partial charge in [-0.25, -0.2) is 4.98 Å². The number of methoxy groups -OCH3 is 1. The summed E-state index contributed by atoms with van der Waals surface area (Å²) in [6.45, 7) is 0.441. The number of carbonyl (C=O) groups is 1. The summed E-state index contributed by atoms with van der Waals surface area (Å²) in [6, 6.07) is 7.15. The first-order valence-corrected chi connectivity index (χ1v) is 6.17. The number of rotatable bonds is 6. The molecule has 0 unspecified atom stereocenters. The number of aryl methyl sites for hydroxylation is 1. The lowest BCUT2D eigenvalue weighted by atomic mass is 10.3. The summed E-state index contributed by atoms with van der Waals surface area (Å²) < 4.78 is 12.3. The van der Waals surface area contributed by atoms with Gasteiger partial charge in [0.05, 0.1) is 0 Å². The van der Waals surface area contributed by atoms with E-state index in [1.807, 2.05) is 17.8 Å². The van der Waals surface area contributed by atoms with Gasteiger partial charge < -0.3 is 19.4 Å². The molecule has 6 nitrogen and oxygen atoms in total. The van der Waals surface area contributed by atoms with Crippen molar-refractivity contribution in [1.29, 1.82) is 0 Å². The molecule has 0 aliphatic rings. The Morgan fingerprint density at radius 3 is 2.70 bits per heavy atom. The molecule has 0 spiro atoms. The molecule has 2 rings (SSSR count). The lowest BCUT2D eigenvalue weighted by molar-refractivity contribution is -0.119. The summed E-state index contributed by atoms with van der Waals surface area (Å²) >= 11 is 0. The van der Waals surface area contributed by atoms with E-state index in [-0.39, 0.29) is 12.5 Å². The third kappa shape index (κ3) is 3.83. The zero-order valence-electron chi connectivity index (χ0n) is 11.5. The van der Waals surface area contributed by atoms with Crippen molar-refractivity contribution >= 4 is 11.6 Å². The molecule has 0 saturated heterocycles. The fourth-order valence-corrected chi connectivity index (χ4v) is 1.65. The van der Waals surface area contributed by atoms with E-state index in [2.05, 4.69) is 10.3 Å². The molecule has 0 atom stereocenters. The third-order valence-corrected chi connectivity index (χ3v) is 2.70. The molecule has 1 amide bonds. The summed E-state index contributed by atoms with van der Waals surface area (Å²) in [5, 5.41) is 2.71. The number of ether oxygens (including phenoxy) is 2. The minimum Gasteiger partial charge on any atom is -0.486 e. The van der Waals surface area contributed by atoms with Crippen molar-refractivity contribution in [3.05, 3.63) is 42.5 Å². The molecule has 20 heavy (non-hydrogen) atoms. The third-order valence-electron chi connectivity index (χ3n) is 2.70. The molecule has 106 valence electrons. The molecule has 0 bridgehead atoms. The molecule has 0 aliphatic carbocycles. The fraction of sp³-hybridized carbons (Fsp3) is 0.286. The van der Waals surface area contributed by atoms with E-state index >= 15 is 0 Å². The normalized spacial score (nSPS) is 10.3. The SMILES string of the molecule is COCC(=O)Nc1ccc(OCc2nccn2C)cc1. The van der Waals surface area contributed by atoms with Crippen LogP contribution >= 0.6 is 0 Å². The zero-order chi connectivity index (χ0) is 14.4. The maximum absolute atomic E-state index is 11.3. The summed E-state index contributed by atoms with van der Waals surface area (Å²) in [5.41, 5.74) is 0.705. The van der Waals surface area contributed by atoms with Gasteiger partial charge >= 0.3 is 0 Å². The Morgan fingerprint density at radius 1 is 1.35 bits per heavy atom. The highest BCUT2D eigenvalue weighted by Gasteiger charge is 2.03. The average Bonchev–Trinajstić information content (AvgIpc) is 2.84. The predicted molar refractivity (Wildman–Crippen MR) is 74.5 cm³/mol. The smallest absolute Gasteiger partial charge is 0.250 e. The number of benzene rings is 1. The van der Waals surface area contributed by atoms with Crippen molar-refractivity contribution in [2.24, 2.45) is 7.05 Å². The number of anilines is 1. The molecule has 1 aromatic carbocycles. The van der Waals surface area contributed by atoms with Crippen LogP contribution in [0.1, 0.15) is 5.82 Å². The Kier molecular flexibility index (Phi) is 4.73. The van der Waals surface area contributed by atoms with Crippen molar-refractivity contribution in [2.75, 3.05) is 19.0 Å². The van der Waals surface area contributed by atoms with E-state index in [1.54, 1.807) is 30.5 Å². The molecule has 1 aromatic heterocycles. The maximum Gasteiger partial charge on any atom is 0.250 e. The lowest BCUT2D eigenvalue weighted by Crippen LogP contribution is -2.16. The van der Waals surface area contributed by atoms with Crippen LogP contribution in [0.3, 0.4) is 0 Å². The molecule has 0 saturated carbocycles. The summed E-state index contributed by atoms with van der Waals surface area (Å²) in [4.78, 5) is 15.5. The highest BCUT2D eigenvalue weighted by Crippen LogP contribution is 2.16. The number of hydrogen-bond acceptors (Lipinski definition) is 4. The monoisotopic (exact) mass is 275 g/mol. The van der Waals surface area contributed by atoms with Crippen molar-refractivity contribution in [3.8, 4) is 5.75 Å². The molecule has 0 aliphatic heterocycles. The first kappa shape index (κ1) is 14.1. The van der Waals surface area contributed by atoms with Crippen LogP contribution in [0.5, 0.6) is 5.75 Å². The van der Waals surface area contributed by atoms with Crippen molar-refractivity contribution < 1.29 is 14.3 Å². The Labute approximate surface area is 117 Å². The van der Waals surface area contributed by atoms with E-state index in [0.29, 0.717) is 12.3 Å². The van der Waals surface area contributed by atoms with Gasteiger partial charge in [0.2, 0.25) is 5.91 Å². The van der Waals surface area contributed by atoms with Gasteiger partial charge in [0.25, 0.3) is 0 Å². The minimum absolute atomic E-state index is 0.0391. The van der Waals surface area contributed by atoms with E-state index in [9.17, 15) is 4.79 Å². The second-order valence-corrected chi connectivity index (χ2v) is 4.25. The Morgan fingerprint density at radius 2 is 2.10 bits per heavy atom. The molecule has 0 radical (unpaired) electrons. The van der Waals surface area contributed by atoms with Gasteiger partial charge in [0, 0.05) is 32.2 Å².